The molecule has 0 fully saturated rings. The topological polar surface area (TPSA) is 65.1 Å². The van der Waals surface area contributed by atoms with E-state index in [1.165, 1.54) is 37.3 Å². The van der Waals surface area contributed by atoms with Gasteiger partial charge in [0.25, 0.3) is 0 Å². The van der Waals surface area contributed by atoms with Crippen molar-refractivity contribution in [2.24, 2.45) is 0 Å². The maximum absolute atomic E-state index is 13.6. The number of rotatable bonds is 4. The number of amides is 1. The normalized spacial score (nSPS) is 18.6. The van der Waals surface area contributed by atoms with E-state index in [2.05, 4.69) is 0 Å². The molecule has 0 saturated heterocycles. The third-order valence-corrected chi connectivity index (χ3v) is 5.38. The molecule has 2 aromatic carbocycles. The van der Waals surface area contributed by atoms with E-state index in [9.17, 15) is 14.0 Å². The summed E-state index contributed by atoms with van der Waals surface area (Å²) in [6, 6.07) is 9.26. The van der Waals surface area contributed by atoms with E-state index >= 15 is 0 Å². The molecule has 1 atom stereocenters. The van der Waals surface area contributed by atoms with Crippen molar-refractivity contribution >= 4 is 29.2 Å². The van der Waals surface area contributed by atoms with Crippen LogP contribution in [-0.4, -0.2) is 32.7 Å². The molecule has 150 valence electrons. The van der Waals surface area contributed by atoms with Gasteiger partial charge in [0.1, 0.15) is 12.4 Å². The highest BCUT2D eigenvalue weighted by molar-refractivity contribution is 6.31. The summed E-state index contributed by atoms with van der Waals surface area (Å²) in [4.78, 5) is 26.9. The first kappa shape index (κ1) is 19.3. The lowest BCUT2D eigenvalue weighted by Gasteiger charge is -2.32. The first-order valence-corrected chi connectivity index (χ1v) is 9.22. The highest BCUT2D eigenvalue weighted by Crippen LogP contribution is 2.44. The molecule has 29 heavy (non-hydrogen) atoms. The van der Waals surface area contributed by atoms with Crippen molar-refractivity contribution in [3.8, 4) is 11.5 Å². The van der Waals surface area contributed by atoms with Crippen LogP contribution in [0.25, 0.3) is 0 Å². The lowest BCUT2D eigenvalue weighted by atomic mass is 9.84. The number of ether oxygens (including phenoxy) is 3. The van der Waals surface area contributed by atoms with Crippen LogP contribution in [0, 0.1) is 5.82 Å². The number of carbonyl (C=O) groups is 2. The van der Waals surface area contributed by atoms with Crippen molar-refractivity contribution in [3.05, 3.63) is 64.1 Å². The summed E-state index contributed by atoms with van der Waals surface area (Å²) in [5.74, 6) is -0.756. The fourth-order valence-electron chi connectivity index (χ4n) is 3.73. The van der Waals surface area contributed by atoms with Gasteiger partial charge in [0.2, 0.25) is 5.91 Å². The number of esters is 1. The van der Waals surface area contributed by atoms with Gasteiger partial charge in [0.15, 0.2) is 11.5 Å². The highest BCUT2D eigenvalue weighted by Gasteiger charge is 2.43. The van der Waals surface area contributed by atoms with E-state index < -0.39 is 17.7 Å². The number of hydrogen-bond acceptors (Lipinski definition) is 5. The monoisotopic (exact) mass is 417 g/mol. The molecule has 2 aliphatic rings. The summed E-state index contributed by atoms with van der Waals surface area (Å²) in [6.45, 7) is -0.0430. The molecule has 0 saturated carbocycles. The summed E-state index contributed by atoms with van der Waals surface area (Å²) in [5.41, 5.74) is 1.96. The molecular weight excluding hydrogens is 401 g/mol. The van der Waals surface area contributed by atoms with Crippen molar-refractivity contribution in [1.29, 1.82) is 0 Å². The molecule has 0 radical (unpaired) electrons. The number of hydrogen-bond donors (Lipinski definition) is 0. The van der Waals surface area contributed by atoms with Crippen molar-refractivity contribution in [3.63, 3.8) is 0 Å². The largest absolute Gasteiger partial charge is 0.493 e. The molecule has 2 heterocycles. The maximum Gasteiger partial charge on any atom is 0.336 e. The predicted molar refractivity (Wildman–Crippen MR) is 104 cm³/mol. The lowest BCUT2D eigenvalue weighted by Crippen LogP contribution is -2.37. The van der Waals surface area contributed by atoms with Crippen LogP contribution in [0.2, 0.25) is 5.02 Å². The molecular formula is C21H17ClFNO5. The second kappa shape index (κ2) is 7.40. The SMILES string of the molecule is COc1ccc([C@@H]2CC(=O)N(c3ccc(F)c(Cl)c3)C3=C2C(=O)OC3)cc1OC. The maximum atomic E-state index is 13.6. The Bertz CT molecular complexity index is 1050. The second-order valence-electron chi connectivity index (χ2n) is 6.64. The van der Waals surface area contributed by atoms with Gasteiger partial charge in [-0.2, -0.15) is 0 Å². The van der Waals surface area contributed by atoms with Crippen molar-refractivity contribution in [2.75, 3.05) is 25.7 Å². The number of nitrogens with zero attached hydrogens (tertiary/aromatic N) is 1. The van der Waals surface area contributed by atoms with E-state index in [1.807, 2.05) is 0 Å². The Hall–Kier alpha value is -3.06. The summed E-state index contributed by atoms with van der Waals surface area (Å²) >= 11 is 5.89. The number of halogens is 2. The Kier molecular flexibility index (Phi) is 4.92. The number of anilines is 1. The van der Waals surface area contributed by atoms with E-state index in [4.69, 9.17) is 25.8 Å². The average Bonchev–Trinajstić information content (AvgIpc) is 3.10. The number of methoxy groups -OCH3 is 2. The first-order chi connectivity index (χ1) is 13.9. The van der Waals surface area contributed by atoms with Crippen LogP contribution in [-0.2, 0) is 14.3 Å². The average molecular weight is 418 g/mol. The van der Waals surface area contributed by atoms with Crippen LogP contribution in [0.3, 0.4) is 0 Å². The Labute approximate surface area is 171 Å². The van der Waals surface area contributed by atoms with Gasteiger partial charge in [-0.1, -0.05) is 17.7 Å². The third-order valence-electron chi connectivity index (χ3n) is 5.09. The summed E-state index contributed by atoms with van der Waals surface area (Å²) in [5, 5.41) is -0.107. The van der Waals surface area contributed by atoms with Gasteiger partial charge >= 0.3 is 5.97 Å². The minimum absolute atomic E-state index is 0.0401. The molecule has 0 unspecified atom stereocenters. The highest BCUT2D eigenvalue weighted by atomic mass is 35.5. The van der Waals surface area contributed by atoms with Crippen LogP contribution in [0.1, 0.15) is 17.9 Å². The standard InChI is InChI=1S/C21H17ClFNO5/c1-27-17-6-3-11(7-18(17)28-2)13-9-19(25)24(16-10-29-21(26)20(13)16)12-4-5-15(23)14(22)8-12/h3-8,13H,9-10H2,1-2H3/t13-/m0/s1. The number of cyclic esters (lactones) is 1. The van der Waals surface area contributed by atoms with Crippen LogP contribution in [0.4, 0.5) is 10.1 Å². The van der Waals surface area contributed by atoms with Gasteiger partial charge in [0.05, 0.1) is 36.2 Å². The van der Waals surface area contributed by atoms with Gasteiger partial charge in [-0.15, -0.1) is 0 Å². The van der Waals surface area contributed by atoms with Crippen LogP contribution >= 0.6 is 11.6 Å². The van der Waals surface area contributed by atoms with E-state index in [0.717, 1.165) is 5.56 Å². The molecule has 4 rings (SSSR count). The Morgan fingerprint density at radius 3 is 2.55 bits per heavy atom. The van der Waals surface area contributed by atoms with Crippen LogP contribution in [0.5, 0.6) is 11.5 Å². The molecule has 2 aromatic rings. The van der Waals surface area contributed by atoms with E-state index in [-0.39, 0.29) is 24.0 Å². The third kappa shape index (κ3) is 3.21. The first-order valence-electron chi connectivity index (χ1n) is 8.84. The zero-order valence-electron chi connectivity index (χ0n) is 15.7. The molecule has 0 N–H and O–H groups in total. The minimum atomic E-state index is -0.587. The Morgan fingerprint density at radius 2 is 1.86 bits per heavy atom. The molecule has 8 heteroatoms. The van der Waals surface area contributed by atoms with Gasteiger partial charge in [-0.3, -0.25) is 9.69 Å². The van der Waals surface area contributed by atoms with Crippen LogP contribution in [0.15, 0.2) is 47.7 Å². The molecule has 0 bridgehead atoms. The molecule has 1 amide bonds. The molecule has 6 nitrogen and oxygen atoms in total. The lowest BCUT2D eigenvalue weighted by molar-refractivity contribution is -0.136. The quantitative estimate of drug-likeness (QED) is 0.707. The van der Waals surface area contributed by atoms with Gasteiger partial charge in [-0.25, -0.2) is 9.18 Å². The zero-order chi connectivity index (χ0) is 20.7. The van der Waals surface area contributed by atoms with Crippen molar-refractivity contribution < 1.29 is 28.2 Å². The number of carbonyl (C=O) groups excluding carboxylic acids is 2. The molecule has 0 aliphatic carbocycles. The van der Waals surface area contributed by atoms with Gasteiger partial charge < -0.3 is 14.2 Å². The molecule has 0 aromatic heterocycles. The van der Waals surface area contributed by atoms with Crippen molar-refractivity contribution in [1.82, 2.24) is 0 Å². The Morgan fingerprint density at radius 1 is 1.10 bits per heavy atom. The van der Waals surface area contributed by atoms with E-state index in [0.29, 0.717) is 28.5 Å². The van der Waals surface area contributed by atoms with Crippen LogP contribution < -0.4 is 14.4 Å². The predicted octanol–water partition coefficient (Wildman–Crippen LogP) is 3.83. The van der Waals surface area contributed by atoms with E-state index in [1.54, 1.807) is 18.2 Å². The molecule has 0 spiro atoms. The summed E-state index contributed by atoms with van der Waals surface area (Å²) in [6.07, 6.45) is 0.0401. The number of benzene rings is 2. The molecule has 2 aliphatic heterocycles. The summed E-state index contributed by atoms with van der Waals surface area (Å²) in [7, 11) is 3.05. The van der Waals surface area contributed by atoms with Crippen molar-refractivity contribution in [2.45, 2.75) is 12.3 Å². The Balaban J connectivity index is 1.81. The minimum Gasteiger partial charge on any atom is -0.493 e. The fourth-order valence-corrected chi connectivity index (χ4v) is 3.91. The summed E-state index contributed by atoms with van der Waals surface area (Å²) < 4.78 is 29.4. The fraction of sp³-hybridized carbons (Fsp3) is 0.238. The zero-order valence-corrected chi connectivity index (χ0v) is 16.5. The van der Waals surface area contributed by atoms with Gasteiger partial charge in [-0.05, 0) is 35.9 Å². The smallest absolute Gasteiger partial charge is 0.336 e. The second-order valence-corrected chi connectivity index (χ2v) is 7.04. The van der Waals surface area contributed by atoms with Gasteiger partial charge in [0, 0.05) is 12.3 Å².